The van der Waals surface area contributed by atoms with Crippen molar-refractivity contribution in [3.05, 3.63) is 58.4 Å². The highest BCUT2D eigenvalue weighted by atomic mass is 32.1. The van der Waals surface area contributed by atoms with E-state index in [9.17, 15) is 4.79 Å². The summed E-state index contributed by atoms with van der Waals surface area (Å²) in [5.41, 5.74) is 2.35. The highest BCUT2D eigenvalue weighted by molar-refractivity contribution is 7.16. The van der Waals surface area contributed by atoms with Gasteiger partial charge in [0.2, 0.25) is 0 Å². The SMILES string of the molecule is C#CCn1c(=NC(=O)c2ccccc2C)sc2cccc(OC)c21. The molecule has 0 unspecified atom stereocenters. The number of ether oxygens (including phenoxy) is 1. The predicted octanol–water partition coefficient (Wildman–Crippen LogP) is 3.39. The van der Waals surface area contributed by atoms with Crippen LogP contribution < -0.4 is 9.54 Å². The first-order chi connectivity index (χ1) is 11.7. The van der Waals surface area contributed by atoms with E-state index >= 15 is 0 Å². The van der Waals surface area contributed by atoms with Crippen LogP contribution in [0.4, 0.5) is 0 Å². The average molecular weight is 336 g/mol. The summed E-state index contributed by atoms with van der Waals surface area (Å²) < 4.78 is 8.24. The lowest BCUT2D eigenvalue weighted by molar-refractivity contribution is 0.0997. The Kier molecular flexibility index (Phi) is 4.50. The van der Waals surface area contributed by atoms with Gasteiger partial charge in [-0.2, -0.15) is 4.99 Å². The number of hydrogen-bond acceptors (Lipinski definition) is 3. The van der Waals surface area contributed by atoms with E-state index in [-0.39, 0.29) is 5.91 Å². The number of carbonyl (C=O) groups excluding carboxylic acids is 1. The molecule has 0 saturated carbocycles. The number of aryl methyl sites for hydroxylation is 1. The molecule has 0 saturated heterocycles. The highest BCUT2D eigenvalue weighted by Gasteiger charge is 2.13. The van der Waals surface area contributed by atoms with Crippen molar-refractivity contribution < 1.29 is 9.53 Å². The van der Waals surface area contributed by atoms with Crippen molar-refractivity contribution in [2.24, 2.45) is 4.99 Å². The molecule has 0 bridgehead atoms. The molecule has 4 nitrogen and oxygen atoms in total. The number of fused-ring (bicyclic) bond motifs is 1. The molecule has 0 aliphatic heterocycles. The van der Waals surface area contributed by atoms with Gasteiger partial charge in [0.05, 0.1) is 18.4 Å². The molecule has 0 fully saturated rings. The number of benzene rings is 2. The van der Waals surface area contributed by atoms with E-state index in [1.54, 1.807) is 13.2 Å². The minimum Gasteiger partial charge on any atom is -0.495 e. The molecular weight excluding hydrogens is 320 g/mol. The maximum Gasteiger partial charge on any atom is 0.279 e. The van der Waals surface area contributed by atoms with Crippen LogP contribution in [0, 0.1) is 19.3 Å². The third-order valence-corrected chi connectivity index (χ3v) is 4.75. The lowest BCUT2D eigenvalue weighted by Gasteiger charge is -2.05. The van der Waals surface area contributed by atoms with Crippen LogP contribution in [0.3, 0.4) is 0 Å². The summed E-state index contributed by atoms with van der Waals surface area (Å²) in [5, 5.41) is 0. The zero-order valence-electron chi connectivity index (χ0n) is 13.4. The molecule has 0 aliphatic carbocycles. The number of nitrogens with zero attached hydrogens (tertiary/aromatic N) is 2. The molecule has 0 N–H and O–H groups in total. The molecule has 5 heteroatoms. The molecule has 0 radical (unpaired) electrons. The van der Waals surface area contributed by atoms with Crippen molar-refractivity contribution in [3.8, 4) is 18.1 Å². The first kappa shape index (κ1) is 16.0. The monoisotopic (exact) mass is 336 g/mol. The van der Waals surface area contributed by atoms with Crippen molar-refractivity contribution >= 4 is 27.5 Å². The van der Waals surface area contributed by atoms with Crippen LogP contribution in [0.25, 0.3) is 10.2 Å². The molecular formula is C19H16N2O2S. The van der Waals surface area contributed by atoms with Gasteiger partial charge in [-0.15, -0.1) is 6.42 Å². The Morgan fingerprint density at radius 1 is 1.29 bits per heavy atom. The zero-order valence-corrected chi connectivity index (χ0v) is 14.3. The maximum absolute atomic E-state index is 12.6. The summed E-state index contributed by atoms with van der Waals surface area (Å²) in [5.74, 6) is 3.06. The Hall–Kier alpha value is -2.84. The summed E-state index contributed by atoms with van der Waals surface area (Å²) in [6.07, 6.45) is 5.50. The Bertz CT molecular complexity index is 1020. The average Bonchev–Trinajstić information content (AvgIpc) is 2.93. The van der Waals surface area contributed by atoms with Crippen LogP contribution in [0.2, 0.25) is 0 Å². The number of amides is 1. The summed E-state index contributed by atoms with van der Waals surface area (Å²) in [6.45, 7) is 2.21. The van der Waals surface area contributed by atoms with Gasteiger partial charge in [-0.3, -0.25) is 4.79 Å². The Labute approximate surface area is 144 Å². The van der Waals surface area contributed by atoms with Gasteiger partial charge >= 0.3 is 0 Å². The van der Waals surface area contributed by atoms with Gasteiger partial charge in [0.1, 0.15) is 11.3 Å². The van der Waals surface area contributed by atoms with Gasteiger partial charge in [-0.05, 0) is 30.7 Å². The highest BCUT2D eigenvalue weighted by Crippen LogP contribution is 2.27. The van der Waals surface area contributed by atoms with E-state index in [2.05, 4.69) is 10.9 Å². The summed E-state index contributed by atoms with van der Waals surface area (Å²) in [6, 6.07) is 13.1. The third-order valence-electron chi connectivity index (χ3n) is 3.71. The maximum atomic E-state index is 12.6. The Balaban J connectivity index is 2.23. The van der Waals surface area contributed by atoms with E-state index in [1.165, 1.54) is 11.3 Å². The van der Waals surface area contributed by atoms with Crippen LogP contribution in [0.1, 0.15) is 15.9 Å². The van der Waals surface area contributed by atoms with E-state index in [1.807, 2.05) is 47.9 Å². The molecule has 1 aromatic heterocycles. The van der Waals surface area contributed by atoms with Gasteiger partial charge < -0.3 is 9.30 Å². The van der Waals surface area contributed by atoms with E-state index in [0.29, 0.717) is 22.7 Å². The Morgan fingerprint density at radius 3 is 2.79 bits per heavy atom. The number of terminal acetylenes is 1. The van der Waals surface area contributed by atoms with Crippen LogP contribution in [0.5, 0.6) is 5.75 Å². The third kappa shape index (κ3) is 2.84. The van der Waals surface area contributed by atoms with Crippen molar-refractivity contribution in [3.63, 3.8) is 0 Å². The fraction of sp³-hybridized carbons (Fsp3) is 0.158. The molecule has 1 amide bonds. The van der Waals surface area contributed by atoms with E-state index in [4.69, 9.17) is 11.2 Å². The van der Waals surface area contributed by atoms with Crippen molar-refractivity contribution in [2.75, 3.05) is 7.11 Å². The van der Waals surface area contributed by atoms with Crippen LogP contribution in [-0.2, 0) is 6.54 Å². The second-order valence-electron chi connectivity index (χ2n) is 5.21. The quantitative estimate of drug-likeness (QED) is 0.688. The fourth-order valence-electron chi connectivity index (χ4n) is 2.55. The zero-order chi connectivity index (χ0) is 17.1. The number of rotatable bonds is 3. The number of carbonyl (C=O) groups is 1. The fourth-order valence-corrected chi connectivity index (χ4v) is 3.59. The van der Waals surface area contributed by atoms with Crippen LogP contribution in [0.15, 0.2) is 47.5 Å². The van der Waals surface area contributed by atoms with Crippen molar-refractivity contribution in [2.45, 2.75) is 13.5 Å². The molecule has 0 atom stereocenters. The molecule has 1 heterocycles. The molecule has 3 aromatic rings. The minimum absolute atomic E-state index is 0.274. The Morgan fingerprint density at radius 2 is 2.08 bits per heavy atom. The molecule has 0 spiro atoms. The molecule has 0 aliphatic rings. The van der Waals surface area contributed by atoms with Gasteiger partial charge in [0.25, 0.3) is 5.91 Å². The van der Waals surface area contributed by atoms with Crippen molar-refractivity contribution in [1.29, 1.82) is 0 Å². The first-order valence-corrected chi connectivity index (χ1v) is 8.22. The standard InChI is InChI=1S/C19H16N2O2S/c1-4-12-21-17-15(23-3)10-7-11-16(17)24-19(21)20-18(22)14-9-6-5-8-13(14)2/h1,5-11H,12H2,2-3H3. The molecule has 2 aromatic carbocycles. The number of para-hydroxylation sites is 1. The van der Waals surface area contributed by atoms with Crippen LogP contribution in [-0.4, -0.2) is 17.6 Å². The summed E-state index contributed by atoms with van der Waals surface area (Å²) >= 11 is 1.42. The second-order valence-corrected chi connectivity index (χ2v) is 6.22. The molecule has 120 valence electrons. The van der Waals surface area contributed by atoms with E-state index < -0.39 is 0 Å². The van der Waals surface area contributed by atoms with Crippen LogP contribution >= 0.6 is 11.3 Å². The summed E-state index contributed by atoms with van der Waals surface area (Å²) in [4.78, 5) is 17.4. The minimum atomic E-state index is -0.274. The number of hydrogen-bond donors (Lipinski definition) is 0. The number of methoxy groups -OCH3 is 1. The molecule has 24 heavy (non-hydrogen) atoms. The van der Waals surface area contributed by atoms with E-state index in [0.717, 1.165) is 15.8 Å². The second kappa shape index (κ2) is 6.73. The predicted molar refractivity (Wildman–Crippen MR) is 96.3 cm³/mol. The van der Waals surface area contributed by atoms with Gasteiger partial charge in [-0.1, -0.05) is 41.5 Å². The largest absolute Gasteiger partial charge is 0.495 e. The number of thiazole rings is 1. The lowest BCUT2D eigenvalue weighted by atomic mass is 10.1. The molecule has 3 rings (SSSR count). The number of aromatic nitrogens is 1. The van der Waals surface area contributed by atoms with Crippen molar-refractivity contribution in [1.82, 2.24) is 4.57 Å². The van der Waals surface area contributed by atoms with Gasteiger partial charge in [0.15, 0.2) is 4.80 Å². The van der Waals surface area contributed by atoms with Gasteiger partial charge in [0, 0.05) is 5.56 Å². The van der Waals surface area contributed by atoms with Gasteiger partial charge in [-0.25, -0.2) is 0 Å². The smallest absolute Gasteiger partial charge is 0.279 e. The normalized spacial score (nSPS) is 11.5. The lowest BCUT2D eigenvalue weighted by Crippen LogP contribution is -2.17. The first-order valence-electron chi connectivity index (χ1n) is 7.40. The summed E-state index contributed by atoms with van der Waals surface area (Å²) in [7, 11) is 1.61. The topological polar surface area (TPSA) is 43.6 Å².